The van der Waals surface area contributed by atoms with E-state index < -0.39 is 11.4 Å². The molecule has 98 valence electrons. The molecule has 1 amide bonds. The monoisotopic (exact) mass is 242 g/mol. The lowest BCUT2D eigenvalue weighted by molar-refractivity contribution is -0.150. The third-order valence-electron chi connectivity index (χ3n) is 3.60. The summed E-state index contributed by atoms with van der Waals surface area (Å²) in [5.74, 6) is -0.965. The Kier molecular flexibility index (Phi) is 4.93. The number of hydrogen-bond acceptors (Lipinski definition) is 3. The average molecular weight is 242 g/mol. The standard InChI is InChI=1S/C12H22N2O3/c1-3-12(6-5-7-13-9-12)11(17)14(4-2)8-10(15)16/h13H,3-9H2,1-2H3,(H,15,16). The van der Waals surface area contributed by atoms with Crippen LogP contribution in [0.1, 0.15) is 33.1 Å². The maximum Gasteiger partial charge on any atom is 0.323 e. The van der Waals surface area contributed by atoms with Gasteiger partial charge < -0.3 is 15.3 Å². The molecule has 0 aromatic heterocycles. The topological polar surface area (TPSA) is 69.6 Å². The average Bonchev–Trinajstić information content (AvgIpc) is 2.35. The van der Waals surface area contributed by atoms with Gasteiger partial charge in [0.1, 0.15) is 6.54 Å². The van der Waals surface area contributed by atoms with E-state index in [9.17, 15) is 9.59 Å². The Balaban J connectivity index is 2.78. The number of carboxylic acid groups (broad SMARTS) is 1. The van der Waals surface area contributed by atoms with Crippen molar-refractivity contribution in [2.75, 3.05) is 26.2 Å². The van der Waals surface area contributed by atoms with Crippen molar-refractivity contribution in [2.24, 2.45) is 5.41 Å². The van der Waals surface area contributed by atoms with E-state index in [0.717, 1.165) is 25.8 Å². The van der Waals surface area contributed by atoms with Crippen LogP contribution in [-0.4, -0.2) is 48.1 Å². The molecule has 1 unspecified atom stereocenters. The van der Waals surface area contributed by atoms with Gasteiger partial charge in [0.25, 0.3) is 0 Å². The van der Waals surface area contributed by atoms with Gasteiger partial charge in [0, 0.05) is 13.1 Å². The van der Waals surface area contributed by atoms with E-state index in [-0.39, 0.29) is 12.5 Å². The van der Waals surface area contributed by atoms with Gasteiger partial charge in [0.2, 0.25) is 5.91 Å². The van der Waals surface area contributed by atoms with E-state index in [1.165, 1.54) is 4.90 Å². The number of amides is 1. The number of rotatable bonds is 5. The first-order chi connectivity index (χ1) is 8.05. The highest BCUT2D eigenvalue weighted by Gasteiger charge is 2.40. The molecule has 17 heavy (non-hydrogen) atoms. The lowest BCUT2D eigenvalue weighted by atomic mass is 9.77. The van der Waals surface area contributed by atoms with E-state index in [0.29, 0.717) is 13.1 Å². The minimum atomic E-state index is -0.949. The number of nitrogens with one attached hydrogen (secondary N) is 1. The molecule has 2 N–H and O–H groups in total. The van der Waals surface area contributed by atoms with E-state index in [2.05, 4.69) is 5.32 Å². The summed E-state index contributed by atoms with van der Waals surface area (Å²) < 4.78 is 0. The van der Waals surface area contributed by atoms with Gasteiger partial charge in [-0.25, -0.2) is 0 Å². The molecule has 0 aromatic rings. The van der Waals surface area contributed by atoms with Gasteiger partial charge in [-0.1, -0.05) is 6.92 Å². The molecule has 0 aromatic carbocycles. The second kappa shape index (κ2) is 6.00. The zero-order valence-corrected chi connectivity index (χ0v) is 10.7. The van der Waals surface area contributed by atoms with E-state index in [1.54, 1.807) is 0 Å². The van der Waals surface area contributed by atoms with Crippen LogP contribution >= 0.6 is 0 Å². The van der Waals surface area contributed by atoms with E-state index in [4.69, 9.17) is 5.11 Å². The lowest BCUT2D eigenvalue weighted by Crippen LogP contribution is -2.52. The molecule has 1 saturated heterocycles. The first-order valence-electron chi connectivity index (χ1n) is 6.27. The minimum Gasteiger partial charge on any atom is -0.480 e. The Hall–Kier alpha value is -1.10. The molecule has 1 aliphatic rings. The molecule has 0 radical (unpaired) electrons. The summed E-state index contributed by atoms with van der Waals surface area (Å²) in [5, 5.41) is 12.1. The van der Waals surface area contributed by atoms with Crippen molar-refractivity contribution < 1.29 is 14.7 Å². The number of nitrogens with zero attached hydrogens (tertiary/aromatic N) is 1. The van der Waals surface area contributed by atoms with Crippen LogP contribution in [0.15, 0.2) is 0 Å². The zero-order valence-electron chi connectivity index (χ0n) is 10.7. The van der Waals surface area contributed by atoms with Gasteiger partial charge in [-0.05, 0) is 32.7 Å². The molecule has 1 heterocycles. The van der Waals surface area contributed by atoms with Crippen molar-refractivity contribution in [1.82, 2.24) is 10.2 Å². The number of aliphatic carboxylic acids is 1. The molecule has 5 heteroatoms. The number of carboxylic acids is 1. The summed E-state index contributed by atoms with van der Waals surface area (Å²) in [4.78, 5) is 24.6. The quantitative estimate of drug-likeness (QED) is 0.744. The van der Waals surface area contributed by atoms with Crippen LogP contribution in [0.25, 0.3) is 0 Å². The second-order valence-electron chi connectivity index (χ2n) is 4.63. The fraction of sp³-hybridized carbons (Fsp3) is 0.833. The molecule has 1 fully saturated rings. The third kappa shape index (κ3) is 3.19. The largest absolute Gasteiger partial charge is 0.480 e. The van der Waals surface area contributed by atoms with Crippen molar-refractivity contribution in [3.8, 4) is 0 Å². The maximum atomic E-state index is 12.4. The van der Waals surface area contributed by atoms with Gasteiger partial charge >= 0.3 is 5.97 Å². The third-order valence-corrected chi connectivity index (χ3v) is 3.60. The summed E-state index contributed by atoms with van der Waals surface area (Å²) in [5.41, 5.74) is -0.399. The lowest BCUT2D eigenvalue weighted by Gasteiger charge is -2.38. The molecule has 1 atom stereocenters. The molecule has 0 aliphatic carbocycles. The highest BCUT2D eigenvalue weighted by Crippen LogP contribution is 2.32. The smallest absolute Gasteiger partial charge is 0.323 e. The number of hydrogen-bond donors (Lipinski definition) is 2. The predicted octanol–water partition coefficient (Wildman–Crippen LogP) is 0.699. The van der Waals surface area contributed by atoms with Gasteiger partial charge in [0.15, 0.2) is 0 Å². The summed E-state index contributed by atoms with van der Waals surface area (Å²) in [6.45, 7) is 5.68. The van der Waals surface area contributed by atoms with Crippen LogP contribution in [0.3, 0.4) is 0 Å². The van der Waals surface area contributed by atoms with Gasteiger partial charge in [-0.3, -0.25) is 9.59 Å². The Bertz CT molecular complexity index is 285. The summed E-state index contributed by atoms with van der Waals surface area (Å²) in [6.07, 6.45) is 2.59. The van der Waals surface area contributed by atoms with Crippen LogP contribution in [0.4, 0.5) is 0 Å². The number of carbonyl (C=O) groups is 2. The Morgan fingerprint density at radius 2 is 2.12 bits per heavy atom. The van der Waals surface area contributed by atoms with Gasteiger partial charge in [-0.15, -0.1) is 0 Å². The number of likely N-dealkylation sites (N-methyl/N-ethyl adjacent to an activating group) is 1. The fourth-order valence-corrected chi connectivity index (χ4v) is 2.43. The Morgan fingerprint density at radius 1 is 1.41 bits per heavy atom. The number of piperidine rings is 1. The summed E-state index contributed by atoms with van der Waals surface area (Å²) in [7, 11) is 0. The molecular weight excluding hydrogens is 220 g/mol. The minimum absolute atomic E-state index is 0.0166. The molecular formula is C12H22N2O3. The highest BCUT2D eigenvalue weighted by molar-refractivity contribution is 5.86. The fourth-order valence-electron chi connectivity index (χ4n) is 2.43. The normalized spacial score (nSPS) is 24.4. The molecule has 5 nitrogen and oxygen atoms in total. The maximum absolute atomic E-state index is 12.4. The van der Waals surface area contributed by atoms with Crippen LogP contribution in [-0.2, 0) is 9.59 Å². The Labute approximate surface area is 102 Å². The zero-order chi connectivity index (χ0) is 12.9. The van der Waals surface area contributed by atoms with Crippen molar-refractivity contribution >= 4 is 11.9 Å². The predicted molar refractivity (Wildman–Crippen MR) is 64.7 cm³/mol. The van der Waals surface area contributed by atoms with Crippen LogP contribution < -0.4 is 5.32 Å². The first-order valence-corrected chi connectivity index (χ1v) is 6.27. The van der Waals surface area contributed by atoms with Gasteiger partial charge in [-0.2, -0.15) is 0 Å². The number of carbonyl (C=O) groups excluding carboxylic acids is 1. The van der Waals surface area contributed by atoms with Crippen molar-refractivity contribution in [3.63, 3.8) is 0 Å². The highest BCUT2D eigenvalue weighted by atomic mass is 16.4. The SMILES string of the molecule is CCN(CC(=O)O)C(=O)C1(CC)CCCNC1. The summed E-state index contributed by atoms with van der Waals surface area (Å²) in [6, 6.07) is 0. The molecule has 0 saturated carbocycles. The van der Waals surface area contributed by atoms with Crippen LogP contribution in [0.2, 0.25) is 0 Å². The summed E-state index contributed by atoms with van der Waals surface area (Å²) >= 11 is 0. The van der Waals surface area contributed by atoms with Crippen LogP contribution in [0.5, 0.6) is 0 Å². The van der Waals surface area contributed by atoms with Crippen molar-refractivity contribution in [1.29, 1.82) is 0 Å². The first kappa shape index (κ1) is 14.0. The molecule has 0 bridgehead atoms. The molecule has 1 rings (SSSR count). The van der Waals surface area contributed by atoms with Gasteiger partial charge in [0.05, 0.1) is 5.41 Å². The van der Waals surface area contributed by atoms with Crippen molar-refractivity contribution in [3.05, 3.63) is 0 Å². The second-order valence-corrected chi connectivity index (χ2v) is 4.63. The van der Waals surface area contributed by atoms with Crippen molar-refractivity contribution in [2.45, 2.75) is 33.1 Å². The van der Waals surface area contributed by atoms with E-state index >= 15 is 0 Å². The molecule has 0 spiro atoms. The van der Waals surface area contributed by atoms with Crippen LogP contribution in [0, 0.1) is 5.41 Å². The van der Waals surface area contributed by atoms with E-state index in [1.807, 2.05) is 13.8 Å². The molecule has 1 aliphatic heterocycles. The Morgan fingerprint density at radius 3 is 2.53 bits per heavy atom.